The summed E-state index contributed by atoms with van der Waals surface area (Å²) in [6.45, 7) is 7.73. The fraction of sp³-hybridized carbons (Fsp3) is 0.318. The van der Waals surface area contributed by atoms with Crippen molar-refractivity contribution in [3.05, 3.63) is 59.2 Å². The van der Waals surface area contributed by atoms with Crippen LogP contribution in [0.3, 0.4) is 0 Å². The van der Waals surface area contributed by atoms with Crippen molar-refractivity contribution in [2.75, 3.05) is 13.2 Å². The molecule has 158 valence electrons. The third kappa shape index (κ3) is 5.76. The summed E-state index contributed by atoms with van der Waals surface area (Å²) in [5, 5.41) is 8.24. The van der Waals surface area contributed by atoms with Gasteiger partial charge in [0.15, 0.2) is 5.17 Å². The maximum Gasteiger partial charge on any atom is 0.241 e. The zero-order valence-corrected chi connectivity index (χ0v) is 18.3. The molecule has 0 saturated heterocycles. The Bertz CT molecular complexity index is 956. The molecule has 2 aromatic carbocycles. The standard InChI is InChI=1S/C22H25N3O4S/c1-14-10-15(2)12-20(11-14)29-9-8-28-19-7-5-6-18(13-19)21-25(17(4)27)24-22(30-21)23-16(3)26/h5-7,10-13,21H,8-9H2,1-4H3,(H,23,24,26)/t21-/m1/s1. The van der Waals surface area contributed by atoms with E-state index in [9.17, 15) is 9.59 Å². The highest BCUT2D eigenvalue weighted by molar-refractivity contribution is 8.14. The molecular formula is C22H25N3O4S. The Morgan fingerprint density at radius 2 is 1.70 bits per heavy atom. The lowest BCUT2D eigenvalue weighted by molar-refractivity contribution is -0.129. The molecule has 0 bridgehead atoms. The van der Waals surface area contributed by atoms with Gasteiger partial charge in [0.05, 0.1) is 0 Å². The van der Waals surface area contributed by atoms with Crippen molar-refractivity contribution in [3.8, 4) is 11.5 Å². The van der Waals surface area contributed by atoms with E-state index >= 15 is 0 Å². The van der Waals surface area contributed by atoms with Crippen LogP contribution < -0.4 is 14.8 Å². The van der Waals surface area contributed by atoms with E-state index in [4.69, 9.17) is 9.47 Å². The molecule has 8 heteroatoms. The summed E-state index contributed by atoms with van der Waals surface area (Å²) in [4.78, 5) is 23.3. The lowest BCUT2D eigenvalue weighted by Gasteiger charge is -2.19. The summed E-state index contributed by atoms with van der Waals surface area (Å²) in [5.41, 5.74) is 3.17. The topological polar surface area (TPSA) is 80.2 Å². The molecule has 0 radical (unpaired) electrons. The number of benzene rings is 2. The Morgan fingerprint density at radius 3 is 2.33 bits per heavy atom. The second-order valence-electron chi connectivity index (χ2n) is 7.01. The second kappa shape index (κ2) is 9.67. The van der Waals surface area contributed by atoms with Crippen molar-refractivity contribution < 1.29 is 19.1 Å². The fourth-order valence-electron chi connectivity index (χ4n) is 3.07. The van der Waals surface area contributed by atoms with Crippen LogP contribution >= 0.6 is 11.8 Å². The van der Waals surface area contributed by atoms with Crippen molar-refractivity contribution in [1.82, 2.24) is 10.3 Å². The number of thioether (sulfide) groups is 1. The summed E-state index contributed by atoms with van der Waals surface area (Å²) < 4.78 is 11.6. The number of amidine groups is 1. The first kappa shape index (κ1) is 21.7. The molecule has 2 aromatic rings. The average molecular weight is 428 g/mol. The first-order valence-corrected chi connectivity index (χ1v) is 10.5. The van der Waals surface area contributed by atoms with Gasteiger partial charge in [0.1, 0.15) is 30.1 Å². The number of ether oxygens (including phenoxy) is 2. The number of carbonyl (C=O) groups excluding carboxylic acids is 2. The number of carbonyl (C=O) groups is 2. The zero-order chi connectivity index (χ0) is 21.7. The normalized spacial score (nSPS) is 15.5. The van der Waals surface area contributed by atoms with E-state index in [0.717, 1.165) is 22.4 Å². The van der Waals surface area contributed by atoms with Crippen molar-refractivity contribution in [2.24, 2.45) is 5.10 Å². The lowest BCUT2D eigenvalue weighted by atomic mass is 10.1. The van der Waals surface area contributed by atoms with Gasteiger partial charge < -0.3 is 14.8 Å². The third-order valence-corrected chi connectivity index (χ3v) is 5.31. The molecule has 0 saturated carbocycles. The van der Waals surface area contributed by atoms with E-state index in [1.165, 1.54) is 30.6 Å². The van der Waals surface area contributed by atoms with Gasteiger partial charge in [-0.3, -0.25) is 9.59 Å². The van der Waals surface area contributed by atoms with Crippen molar-refractivity contribution in [2.45, 2.75) is 33.1 Å². The van der Waals surface area contributed by atoms with Gasteiger partial charge in [-0.05, 0) is 54.8 Å². The number of nitrogens with zero attached hydrogens (tertiary/aromatic N) is 2. The Labute approximate surface area is 180 Å². The van der Waals surface area contributed by atoms with Gasteiger partial charge in [0.25, 0.3) is 0 Å². The number of aryl methyl sites for hydroxylation is 2. The van der Waals surface area contributed by atoms with E-state index in [1.54, 1.807) is 0 Å². The summed E-state index contributed by atoms with van der Waals surface area (Å²) in [7, 11) is 0. The summed E-state index contributed by atoms with van der Waals surface area (Å²) >= 11 is 1.31. The Balaban J connectivity index is 1.60. The monoisotopic (exact) mass is 427 g/mol. The smallest absolute Gasteiger partial charge is 0.241 e. The molecule has 1 aliphatic rings. The maximum atomic E-state index is 12.0. The van der Waals surface area contributed by atoms with Crippen molar-refractivity contribution in [3.63, 3.8) is 0 Å². The van der Waals surface area contributed by atoms with Crippen LogP contribution in [-0.2, 0) is 9.59 Å². The van der Waals surface area contributed by atoms with Crippen LogP contribution in [0.2, 0.25) is 0 Å². The van der Waals surface area contributed by atoms with Crippen LogP contribution in [0.5, 0.6) is 11.5 Å². The van der Waals surface area contributed by atoms with E-state index in [-0.39, 0.29) is 17.2 Å². The van der Waals surface area contributed by atoms with Crippen LogP contribution in [0, 0.1) is 13.8 Å². The molecule has 0 fully saturated rings. The zero-order valence-electron chi connectivity index (χ0n) is 17.5. The lowest BCUT2D eigenvalue weighted by Crippen LogP contribution is -2.25. The first-order chi connectivity index (χ1) is 14.3. The highest BCUT2D eigenvalue weighted by Crippen LogP contribution is 2.39. The van der Waals surface area contributed by atoms with E-state index in [0.29, 0.717) is 24.1 Å². The van der Waals surface area contributed by atoms with E-state index < -0.39 is 0 Å². The fourth-order valence-corrected chi connectivity index (χ4v) is 4.20. The van der Waals surface area contributed by atoms with Crippen LogP contribution in [0.4, 0.5) is 0 Å². The third-order valence-electron chi connectivity index (χ3n) is 4.21. The molecule has 0 aliphatic carbocycles. The molecule has 0 aromatic heterocycles. The van der Waals surface area contributed by atoms with Gasteiger partial charge in [-0.15, -0.1) is 5.10 Å². The molecular weight excluding hydrogens is 402 g/mol. The molecule has 3 rings (SSSR count). The summed E-state index contributed by atoms with van der Waals surface area (Å²) in [5.74, 6) is 1.06. The Hall–Kier alpha value is -3.00. The predicted molar refractivity (Wildman–Crippen MR) is 117 cm³/mol. The van der Waals surface area contributed by atoms with Gasteiger partial charge in [0, 0.05) is 13.8 Å². The average Bonchev–Trinajstić information content (AvgIpc) is 3.08. The molecule has 1 aliphatic heterocycles. The van der Waals surface area contributed by atoms with E-state index in [1.807, 2.05) is 50.2 Å². The molecule has 0 spiro atoms. The molecule has 7 nitrogen and oxygen atoms in total. The van der Waals surface area contributed by atoms with Crippen LogP contribution in [0.15, 0.2) is 47.6 Å². The molecule has 2 amide bonds. The highest BCUT2D eigenvalue weighted by Gasteiger charge is 2.32. The number of hydrazone groups is 1. The second-order valence-corrected chi connectivity index (χ2v) is 8.08. The van der Waals surface area contributed by atoms with Crippen molar-refractivity contribution >= 4 is 28.7 Å². The number of amides is 2. The Morgan fingerprint density at radius 1 is 1.03 bits per heavy atom. The molecule has 1 heterocycles. The molecule has 0 unspecified atom stereocenters. The van der Waals surface area contributed by atoms with Gasteiger partial charge in [-0.1, -0.05) is 30.0 Å². The minimum absolute atomic E-state index is 0.207. The largest absolute Gasteiger partial charge is 0.490 e. The molecule has 1 atom stereocenters. The Kier molecular flexibility index (Phi) is 6.99. The number of hydrogen-bond acceptors (Lipinski definition) is 6. The van der Waals surface area contributed by atoms with Crippen LogP contribution in [0.1, 0.15) is 35.9 Å². The van der Waals surface area contributed by atoms with Crippen LogP contribution in [0.25, 0.3) is 0 Å². The number of rotatable bonds is 6. The first-order valence-electron chi connectivity index (χ1n) is 9.58. The quantitative estimate of drug-likeness (QED) is 0.710. The van der Waals surface area contributed by atoms with Gasteiger partial charge in [-0.25, -0.2) is 5.01 Å². The molecule has 1 N–H and O–H groups in total. The van der Waals surface area contributed by atoms with Gasteiger partial charge in [-0.2, -0.15) is 0 Å². The summed E-state index contributed by atoms with van der Waals surface area (Å²) in [6.07, 6.45) is 0. The number of nitrogens with one attached hydrogen (secondary N) is 1. The summed E-state index contributed by atoms with van der Waals surface area (Å²) in [6, 6.07) is 13.6. The van der Waals surface area contributed by atoms with Gasteiger partial charge in [0.2, 0.25) is 11.8 Å². The van der Waals surface area contributed by atoms with Crippen molar-refractivity contribution in [1.29, 1.82) is 0 Å². The van der Waals surface area contributed by atoms with Crippen LogP contribution in [-0.4, -0.2) is 35.2 Å². The van der Waals surface area contributed by atoms with Gasteiger partial charge >= 0.3 is 0 Å². The SMILES string of the molecule is CC(=O)NC1=NN(C(C)=O)[C@@H](c2cccc(OCCOc3cc(C)cc(C)c3)c2)S1. The minimum Gasteiger partial charge on any atom is -0.490 e. The van der Waals surface area contributed by atoms with E-state index in [2.05, 4.69) is 16.5 Å². The number of hydrogen-bond donors (Lipinski definition) is 1. The predicted octanol–water partition coefficient (Wildman–Crippen LogP) is 3.76. The molecule has 30 heavy (non-hydrogen) atoms. The maximum absolute atomic E-state index is 12.0. The minimum atomic E-state index is -0.362. The highest BCUT2D eigenvalue weighted by atomic mass is 32.2.